The molecule has 0 atom stereocenters. The van der Waals surface area contributed by atoms with Crippen molar-refractivity contribution in [2.24, 2.45) is 5.73 Å². The summed E-state index contributed by atoms with van der Waals surface area (Å²) in [6.07, 6.45) is 0.516. The van der Waals surface area contributed by atoms with Gasteiger partial charge in [0.15, 0.2) is 0 Å². The zero-order valence-electron chi connectivity index (χ0n) is 12.3. The van der Waals surface area contributed by atoms with Crippen LogP contribution < -0.4 is 15.4 Å². The minimum Gasteiger partial charge on any atom is -0.351 e. The molecule has 6 nitrogen and oxygen atoms in total. The number of hydrogen-bond donors (Lipinski definition) is 2. The van der Waals surface area contributed by atoms with E-state index in [-0.39, 0.29) is 5.69 Å². The smallest absolute Gasteiger partial charge is 0.319 e. The van der Waals surface area contributed by atoms with Crippen molar-refractivity contribution in [1.82, 2.24) is 0 Å². The second-order valence-electron chi connectivity index (χ2n) is 5.26. The highest BCUT2D eigenvalue weighted by Crippen LogP contribution is 2.31. The molecule has 3 N–H and O–H groups in total. The summed E-state index contributed by atoms with van der Waals surface area (Å²) in [6.45, 7) is 0.402. The lowest BCUT2D eigenvalue weighted by atomic mass is 10.1. The zero-order chi connectivity index (χ0) is 17.5. The summed E-state index contributed by atoms with van der Waals surface area (Å²) >= 11 is 0. The molecule has 1 aliphatic heterocycles. The molecule has 1 heterocycles. The monoisotopic (exact) mass is 353 g/mol. The lowest BCUT2D eigenvalue weighted by Gasteiger charge is -2.15. The van der Waals surface area contributed by atoms with Crippen LogP contribution in [-0.4, -0.2) is 21.0 Å². The Morgan fingerprint density at radius 2 is 1.92 bits per heavy atom. The summed E-state index contributed by atoms with van der Waals surface area (Å²) in [6, 6.07) is 6.11. The fourth-order valence-corrected chi connectivity index (χ4v) is 3.73. The van der Waals surface area contributed by atoms with E-state index in [1.54, 1.807) is 6.07 Å². The van der Waals surface area contributed by atoms with Gasteiger partial charge in [-0.1, -0.05) is 0 Å². The van der Waals surface area contributed by atoms with Crippen LogP contribution in [0.3, 0.4) is 0 Å². The number of urea groups is 1. The van der Waals surface area contributed by atoms with Gasteiger partial charge in [0.2, 0.25) is 0 Å². The van der Waals surface area contributed by atoms with Gasteiger partial charge in [-0.25, -0.2) is 22.0 Å². The maximum absolute atomic E-state index is 13.7. The summed E-state index contributed by atoms with van der Waals surface area (Å²) in [5, 5.41) is 0. The third-order valence-corrected chi connectivity index (χ3v) is 5.07. The molecule has 0 radical (unpaired) electrons. The van der Waals surface area contributed by atoms with Crippen LogP contribution in [0, 0.1) is 11.6 Å². The van der Waals surface area contributed by atoms with Crippen LogP contribution in [0.2, 0.25) is 0 Å². The predicted molar refractivity (Wildman–Crippen MR) is 84.2 cm³/mol. The van der Waals surface area contributed by atoms with Crippen molar-refractivity contribution in [2.75, 3.05) is 16.2 Å². The molecule has 9 heteroatoms. The van der Waals surface area contributed by atoms with E-state index in [4.69, 9.17) is 5.73 Å². The molecule has 0 saturated carbocycles. The van der Waals surface area contributed by atoms with Gasteiger partial charge in [-0.3, -0.25) is 9.62 Å². The zero-order valence-corrected chi connectivity index (χ0v) is 13.1. The number of nitrogens with zero attached hydrogens (tertiary/aromatic N) is 1. The van der Waals surface area contributed by atoms with Crippen molar-refractivity contribution in [3.63, 3.8) is 0 Å². The highest BCUT2D eigenvalue weighted by atomic mass is 32.2. The molecule has 0 fully saturated rings. The Balaban J connectivity index is 1.92. The fourth-order valence-electron chi connectivity index (χ4n) is 2.59. The summed E-state index contributed by atoms with van der Waals surface area (Å²) in [7, 11) is -4.28. The van der Waals surface area contributed by atoms with Gasteiger partial charge in [0.1, 0.15) is 16.5 Å². The van der Waals surface area contributed by atoms with Crippen LogP contribution in [0.15, 0.2) is 41.3 Å². The van der Waals surface area contributed by atoms with Crippen molar-refractivity contribution < 1.29 is 22.0 Å². The van der Waals surface area contributed by atoms with Crippen LogP contribution in [0.4, 0.5) is 25.0 Å². The molecule has 24 heavy (non-hydrogen) atoms. The minimum absolute atomic E-state index is 0.184. The Morgan fingerprint density at radius 1 is 1.17 bits per heavy atom. The number of carbonyl (C=O) groups is 1. The van der Waals surface area contributed by atoms with E-state index in [1.165, 1.54) is 17.0 Å². The quantitative estimate of drug-likeness (QED) is 0.886. The number of primary amides is 1. The van der Waals surface area contributed by atoms with Gasteiger partial charge in [0.25, 0.3) is 10.0 Å². The Kier molecular flexibility index (Phi) is 3.88. The molecule has 0 unspecified atom stereocenters. The van der Waals surface area contributed by atoms with Gasteiger partial charge in [-0.05, 0) is 48.4 Å². The molecule has 1 aliphatic rings. The molecule has 2 aromatic carbocycles. The fraction of sp³-hybridized carbons (Fsp3) is 0.133. The van der Waals surface area contributed by atoms with E-state index in [2.05, 4.69) is 4.72 Å². The number of carbonyl (C=O) groups excluding carboxylic acids is 1. The molecular formula is C15H13F2N3O3S. The van der Waals surface area contributed by atoms with E-state index in [0.29, 0.717) is 24.7 Å². The summed E-state index contributed by atoms with van der Waals surface area (Å²) in [5.74, 6) is -1.91. The average Bonchev–Trinajstić information content (AvgIpc) is 2.92. The van der Waals surface area contributed by atoms with Crippen LogP contribution in [0.25, 0.3) is 0 Å². The van der Waals surface area contributed by atoms with Crippen molar-refractivity contribution in [2.45, 2.75) is 11.3 Å². The first-order chi connectivity index (χ1) is 11.3. The highest BCUT2D eigenvalue weighted by molar-refractivity contribution is 7.92. The molecule has 0 bridgehead atoms. The summed E-state index contributed by atoms with van der Waals surface area (Å²) < 4.78 is 53.6. The van der Waals surface area contributed by atoms with Gasteiger partial charge >= 0.3 is 6.03 Å². The minimum atomic E-state index is -4.28. The van der Waals surface area contributed by atoms with Crippen LogP contribution >= 0.6 is 0 Å². The highest BCUT2D eigenvalue weighted by Gasteiger charge is 2.25. The van der Waals surface area contributed by atoms with Crippen molar-refractivity contribution in [3.8, 4) is 0 Å². The second-order valence-corrected chi connectivity index (χ2v) is 6.91. The Bertz CT molecular complexity index is 932. The number of benzene rings is 2. The third kappa shape index (κ3) is 2.90. The molecule has 0 aliphatic carbocycles. The number of anilines is 2. The standard InChI is InChI=1S/C15H13F2N3O3S/c16-10-1-3-12(17)14(8-10)24(22,23)19-11-2-4-13-9(7-11)5-6-20(13)15(18)21/h1-4,7-8,19H,5-6H2,(H2,18,21). The van der Waals surface area contributed by atoms with E-state index in [1.807, 2.05) is 0 Å². The molecule has 0 aromatic heterocycles. The number of sulfonamides is 1. The first kappa shape index (κ1) is 16.2. The number of rotatable bonds is 3. The number of hydrogen-bond acceptors (Lipinski definition) is 3. The predicted octanol–water partition coefficient (Wildman–Crippen LogP) is 2.21. The molecule has 2 amide bonds. The van der Waals surface area contributed by atoms with Crippen LogP contribution in [0.5, 0.6) is 0 Å². The van der Waals surface area contributed by atoms with Crippen LogP contribution in [0.1, 0.15) is 5.56 Å². The third-order valence-electron chi connectivity index (χ3n) is 3.68. The van der Waals surface area contributed by atoms with Crippen molar-refractivity contribution >= 4 is 27.4 Å². The lowest BCUT2D eigenvalue weighted by molar-refractivity contribution is 0.254. The molecular weight excluding hydrogens is 340 g/mol. The SMILES string of the molecule is NC(=O)N1CCc2cc(NS(=O)(=O)c3cc(F)ccc3F)ccc21. The number of nitrogens with one attached hydrogen (secondary N) is 1. The van der Waals surface area contributed by atoms with Crippen LogP contribution in [-0.2, 0) is 16.4 Å². The van der Waals surface area contributed by atoms with Gasteiger partial charge < -0.3 is 5.73 Å². The first-order valence-electron chi connectivity index (χ1n) is 6.96. The molecule has 2 aromatic rings. The first-order valence-corrected chi connectivity index (χ1v) is 8.44. The number of nitrogens with two attached hydrogens (primary N) is 1. The summed E-state index contributed by atoms with van der Waals surface area (Å²) in [5.41, 5.74) is 6.77. The largest absolute Gasteiger partial charge is 0.351 e. The van der Waals surface area contributed by atoms with Gasteiger partial charge in [-0.15, -0.1) is 0 Å². The lowest BCUT2D eigenvalue weighted by Crippen LogP contribution is -2.33. The van der Waals surface area contributed by atoms with E-state index >= 15 is 0 Å². The van der Waals surface area contributed by atoms with Crippen molar-refractivity contribution in [1.29, 1.82) is 0 Å². The van der Waals surface area contributed by atoms with Gasteiger partial charge in [0.05, 0.1) is 0 Å². The van der Waals surface area contributed by atoms with Gasteiger partial charge in [0, 0.05) is 17.9 Å². The number of halogens is 2. The normalized spacial score (nSPS) is 13.7. The maximum Gasteiger partial charge on any atom is 0.319 e. The number of fused-ring (bicyclic) bond motifs is 1. The molecule has 0 spiro atoms. The number of amides is 2. The van der Waals surface area contributed by atoms with E-state index < -0.39 is 32.6 Å². The molecule has 3 rings (SSSR count). The molecule has 126 valence electrons. The summed E-state index contributed by atoms with van der Waals surface area (Å²) in [4.78, 5) is 11.9. The van der Waals surface area contributed by atoms with Gasteiger partial charge in [-0.2, -0.15) is 0 Å². The topological polar surface area (TPSA) is 92.5 Å². The average molecular weight is 353 g/mol. The Labute approximate surface area is 136 Å². The maximum atomic E-state index is 13.7. The van der Waals surface area contributed by atoms with E-state index in [0.717, 1.165) is 17.7 Å². The van der Waals surface area contributed by atoms with E-state index in [9.17, 15) is 22.0 Å². The Morgan fingerprint density at radius 3 is 2.62 bits per heavy atom. The Hall–Kier alpha value is -2.68. The van der Waals surface area contributed by atoms with Crippen molar-refractivity contribution in [3.05, 3.63) is 53.6 Å². The molecule has 0 saturated heterocycles. The second kappa shape index (κ2) is 5.75.